The third kappa shape index (κ3) is 1.23. The van der Waals surface area contributed by atoms with Crippen molar-refractivity contribution in [2.24, 2.45) is 0 Å². The van der Waals surface area contributed by atoms with E-state index in [-0.39, 0.29) is 11.3 Å². The van der Waals surface area contributed by atoms with Crippen LogP contribution >= 0.6 is 0 Å². The SMILES string of the molecule is Oc1cc(C2(O)CC2)c(O)cc1F. The van der Waals surface area contributed by atoms with E-state index < -0.39 is 17.2 Å². The van der Waals surface area contributed by atoms with Gasteiger partial charge in [-0.3, -0.25) is 0 Å². The van der Waals surface area contributed by atoms with Crippen LogP contribution in [0, 0.1) is 5.82 Å². The zero-order valence-electron chi connectivity index (χ0n) is 6.79. The maximum atomic E-state index is 12.7. The maximum absolute atomic E-state index is 12.7. The summed E-state index contributed by atoms with van der Waals surface area (Å²) in [4.78, 5) is 0. The maximum Gasteiger partial charge on any atom is 0.168 e. The second-order valence-corrected chi connectivity index (χ2v) is 3.35. The average Bonchev–Trinajstić information content (AvgIpc) is 2.77. The normalized spacial score (nSPS) is 18.6. The van der Waals surface area contributed by atoms with Crippen LogP contribution in [0.4, 0.5) is 4.39 Å². The van der Waals surface area contributed by atoms with Crippen LogP contribution in [0.15, 0.2) is 12.1 Å². The minimum absolute atomic E-state index is 0.200. The lowest BCUT2D eigenvalue weighted by molar-refractivity contribution is 0.147. The molecule has 0 saturated heterocycles. The molecule has 0 aromatic heterocycles. The second-order valence-electron chi connectivity index (χ2n) is 3.35. The van der Waals surface area contributed by atoms with Gasteiger partial charge in [0.15, 0.2) is 11.6 Å². The summed E-state index contributed by atoms with van der Waals surface area (Å²) in [6, 6.07) is 1.87. The summed E-state index contributed by atoms with van der Waals surface area (Å²) in [7, 11) is 0. The summed E-state index contributed by atoms with van der Waals surface area (Å²) in [6.45, 7) is 0. The summed E-state index contributed by atoms with van der Waals surface area (Å²) < 4.78 is 12.7. The van der Waals surface area contributed by atoms with Gasteiger partial charge in [-0.15, -0.1) is 0 Å². The molecule has 0 radical (unpaired) electrons. The van der Waals surface area contributed by atoms with E-state index in [9.17, 15) is 14.6 Å². The fourth-order valence-corrected chi connectivity index (χ4v) is 1.31. The van der Waals surface area contributed by atoms with Gasteiger partial charge in [0.2, 0.25) is 0 Å². The van der Waals surface area contributed by atoms with Crippen LogP contribution < -0.4 is 0 Å². The molecule has 1 aliphatic carbocycles. The molecular formula is C9H9FO3. The van der Waals surface area contributed by atoms with Crippen molar-refractivity contribution in [3.63, 3.8) is 0 Å². The Morgan fingerprint density at radius 3 is 2.31 bits per heavy atom. The Hall–Kier alpha value is -1.29. The molecule has 3 nitrogen and oxygen atoms in total. The Bertz CT molecular complexity index is 358. The van der Waals surface area contributed by atoms with Crippen molar-refractivity contribution in [3.8, 4) is 11.5 Å². The number of hydrogen-bond acceptors (Lipinski definition) is 3. The third-order valence-corrected chi connectivity index (χ3v) is 2.29. The number of phenolic OH excluding ortho intramolecular Hbond substituents is 2. The molecule has 70 valence electrons. The van der Waals surface area contributed by atoms with Crippen molar-refractivity contribution < 1.29 is 19.7 Å². The van der Waals surface area contributed by atoms with Gasteiger partial charge in [-0.05, 0) is 18.9 Å². The van der Waals surface area contributed by atoms with Gasteiger partial charge in [-0.25, -0.2) is 4.39 Å². The van der Waals surface area contributed by atoms with Gasteiger partial charge in [0.05, 0.1) is 5.60 Å². The first-order chi connectivity index (χ1) is 6.03. The minimum Gasteiger partial charge on any atom is -0.507 e. The van der Waals surface area contributed by atoms with Gasteiger partial charge < -0.3 is 15.3 Å². The summed E-state index contributed by atoms with van der Waals surface area (Å²) >= 11 is 0. The first kappa shape index (κ1) is 8.31. The van der Waals surface area contributed by atoms with Gasteiger partial charge in [0.25, 0.3) is 0 Å². The van der Waals surface area contributed by atoms with Gasteiger partial charge in [0.1, 0.15) is 5.75 Å². The van der Waals surface area contributed by atoms with E-state index in [0.717, 1.165) is 12.1 Å². The lowest BCUT2D eigenvalue weighted by atomic mass is 10.1. The Morgan fingerprint density at radius 2 is 1.77 bits per heavy atom. The predicted molar refractivity (Wildman–Crippen MR) is 42.9 cm³/mol. The number of aromatic hydroxyl groups is 2. The Kier molecular flexibility index (Phi) is 1.51. The molecule has 2 rings (SSSR count). The number of aliphatic hydroxyl groups is 1. The van der Waals surface area contributed by atoms with Gasteiger partial charge >= 0.3 is 0 Å². The summed E-state index contributed by atoms with van der Waals surface area (Å²) in [5, 5.41) is 27.9. The molecule has 0 bridgehead atoms. The number of rotatable bonds is 1. The van der Waals surface area contributed by atoms with Crippen molar-refractivity contribution in [1.82, 2.24) is 0 Å². The van der Waals surface area contributed by atoms with Crippen LogP contribution in [0.2, 0.25) is 0 Å². The van der Waals surface area contributed by atoms with Gasteiger partial charge in [-0.1, -0.05) is 0 Å². The fourth-order valence-electron chi connectivity index (χ4n) is 1.31. The van der Waals surface area contributed by atoms with Crippen LogP contribution in [-0.4, -0.2) is 15.3 Å². The van der Waals surface area contributed by atoms with E-state index in [1.807, 2.05) is 0 Å². The van der Waals surface area contributed by atoms with Crippen molar-refractivity contribution in [1.29, 1.82) is 0 Å². The molecule has 0 spiro atoms. The average molecular weight is 184 g/mol. The molecule has 1 aromatic carbocycles. The van der Waals surface area contributed by atoms with E-state index >= 15 is 0 Å². The highest BCUT2D eigenvalue weighted by atomic mass is 19.1. The molecule has 0 atom stereocenters. The second kappa shape index (κ2) is 2.35. The zero-order chi connectivity index (χ0) is 9.64. The molecular weight excluding hydrogens is 175 g/mol. The topological polar surface area (TPSA) is 60.7 Å². The summed E-state index contributed by atoms with van der Waals surface area (Å²) in [6.07, 6.45) is 1.07. The zero-order valence-corrected chi connectivity index (χ0v) is 6.79. The molecule has 1 aliphatic rings. The number of benzene rings is 1. The van der Waals surface area contributed by atoms with E-state index in [1.165, 1.54) is 0 Å². The number of halogens is 1. The smallest absolute Gasteiger partial charge is 0.168 e. The minimum atomic E-state index is -1.06. The standard InChI is InChI=1S/C9H9FO3/c10-6-4-7(11)5(3-8(6)12)9(13)1-2-9/h3-4,11-13H,1-2H2. The highest BCUT2D eigenvalue weighted by Crippen LogP contribution is 2.49. The number of phenols is 2. The third-order valence-electron chi connectivity index (χ3n) is 2.29. The van der Waals surface area contributed by atoms with Crippen molar-refractivity contribution in [2.45, 2.75) is 18.4 Å². The van der Waals surface area contributed by atoms with Crippen LogP contribution in [0.1, 0.15) is 18.4 Å². The molecule has 0 aliphatic heterocycles. The molecule has 0 amide bonds. The fraction of sp³-hybridized carbons (Fsp3) is 0.333. The van der Waals surface area contributed by atoms with Crippen LogP contribution in [0.25, 0.3) is 0 Å². The van der Waals surface area contributed by atoms with Gasteiger partial charge in [-0.2, -0.15) is 0 Å². The number of hydrogen-bond donors (Lipinski definition) is 3. The van der Waals surface area contributed by atoms with Crippen LogP contribution in [0.3, 0.4) is 0 Å². The predicted octanol–water partition coefficient (Wildman–Crippen LogP) is 1.22. The quantitative estimate of drug-likeness (QED) is 0.575. The first-order valence-corrected chi connectivity index (χ1v) is 3.97. The van der Waals surface area contributed by atoms with Crippen molar-refractivity contribution >= 4 is 0 Å². The highest BCUT2D eigenvalue weighted by molar-refractivity contribution is 5.45. The molecule has 0 unspecified atom stereocenters. The molecule has 13 heavy (non-hydrogen) atoms. The molecule has 4 heteroatoms. The monoisotopic (exact) mass is 184 g/mol. The van der Waals surface area contributed by atoms with E-state index in [1.54, 1.807) is 0 Å². The van der Waals surface area contributed by atoms with Crippen LogP contribution in [0.5, 0.6) is 11.5 Å². The molecule has 3 N–H and O–H groups in total. The summed E-state index contributed by atoms with van der Waals surface area (Å²) in [5.74, 6) is -1.74. The van der Waals surface area contributed by atoms with Crippen molar-refractivity contribution in [3.05, 3.63) is 23.5 Å². The largest absolute Gasteiger partial charge is 0.507 e. The molecule has 1 fully saturated rings. The first-order valence-electron chi connectivity index (χ1n) is 3.97. The van der Waals surface area contributed by atoms with E-state index in [4.69, 9.17) is 5.11 Å². The van der Waals surface area contributed by atoms with Crippen molar-refractivity contribution in [2.75, 3.05) is 0 Å². The molecule has 1 aromatic rings. The van der Waals surface area contributed by atoms with E-state index in [2.05, 4.69) is 0 Å². The lowest BCUT2D eigenvalue weighted by Crippen LogP contribution is -2.04. The van der Waals surface area contributed by atoms with E-state index in [0.29, 0.717) is 12.8 Å². The van der Waals surface area contributed by atoms with Crippen LogP contribution in [-0.2, 0) is 5.60 Å². The van der Waals surface area contributed by atoms with Gasteiger partial charge in [0, 0.05) is 11.6 Å². The highest BCUT2D eigenvalue weighted by Gasteiger charge is 2.44. The Labute approximate surface area is 74.1 Å². The molecule has 1 saturated carbocycles. The Balaban J connectivity index is 2.52. The Morgan fingerprint density at radius 1 is 1.15 bits per heavy atom. The lowest BCUT2D eigenvalue weighted by Gasteiger charge is -2.10. The summed E-state index contributed by atoms with van der Waals surface area (Å²) in [5.41, 5.74) is -0.860. The molecule has 0 heterocycles.